The summed E-state index contributed by atoms with van der Waals surface area (Å²) in [6.07, 6.45) is 4.41. The summed E-state index contributed by atoms with van der Waals surface area (Å²) in [5, 5.41) is 6.03. The van der Waals surface area contributed by atoms with Crippen LogP contribution in [0.2, 0.25) is 0 Å². The molecular weight excluding hydrogens is 368 g/mol. The molecule has 1 heterocycles. The van der Waals surface area contributed by atoms with Crippen molar-refractivity contribution in [1.82, 2.24) is 0 Å². The third-order valence-corrected chi connectivity index (χ3v) is 4.68. The van der Waals surface area contributed by atoms with E-state index >= 15 is 0 Å². The molecule has 1 aliphatic rings. The molecule has 0 bridgehead atoms. The van der Waals surface area contributed by atoms with Crippen LogP contribution in [0.5, 0.6) is 11.5 Å². The minimum Gasteiger partial charge on any atom is -0.491 e. The SMILES string of the molecule is CCCCOc1ccccc1NC(=O)CNc1ccc(OCC2CCCO2)cc1. The number of hydrogen-bond acceptors (Lipinski definition) is 5. The molecule has 1 unspecified atom stereocenters. The maximum absolute atomic E-state index is 12.3. The second kappa shape index (κ2) is 11.3. The van der Waals surface area contributed by atoms with Crippen molar-refractivity contribution in [1.29, 1.82) is 0 Å². The fraction of sp³-hybridized carbons (Fsp3) is 0.435. The van der Waals surface area contributed by atoms with Crippen molar-refractivity contribution in [3.05, 3.63) is 48.5 Å². The first-order chi connectivity index (χ1) is 14.2. The molecule has 1 amide bonds. The summed E-state index contributed by atoms with van der Waals surface area (Å²) in [6, 6.07) is 15.1. The van der Waals surface area contributed by atoms with Crippen LogP contribution in [0.1, 0.15) is 32.6 Å². The van der Waals surface area contributed by atoms with E-state index in [2.05, 4.69) is 17.6 Å². The smallest absolute Gasteiger partial charge is 0.243 e. The van der Waals surface area contributed by atoms with Crippen molar-refractivity contribution in [2.75, 3.05) is 37.0 Å². The van der Waals surface area contributed by atoms with Gasteiger partial charge in [0, 0.05) is 12.3 Å². The monoisotopic (exact) mass is 398 g/mol. The van der Waals surface area contributed by atoms with Crippen LogP contribution in [0.15, 0.2) is 48.5 Å². The molecule has 0 radical (unpaired) electrons. The lowest BCUT2D eigenvalue weighted by atomic mass is 10.2. The van der Waals surface area contributed by atoms with Crippen LogP contribution in [0.3, 0.4) is 0 Å². The molecule has 2 N–H and O–H groups in total. The number of unbranched alkanes of at least 4 members (excludes halogenated alkanes) is 1. The van der Waals surface area contributed by atoms with E-state index < -0.39 is 0 Å². The van der Waals surface area contributed by atoms with Crippen LogP contribution in [0.4, 0.5) is 11.4 Å². The Bertz CT molecular complexity index is 758. The number of hydrogen-bond donors (Lipinski definition) is 2. The molecule has 0 aromatic heterocycles. The number of anilines is 2. The molecule has 29 heavy (non-hydrogen) atoms. The first-order valence-electron chi connectivity index (χ1n) is 10.3. The minimum absolute atomic E-state index is 0.129. The summed E-state index contributed by atoms with van der Waals surface area (Å²) < 4.78 is 17.1. The van der Waals surface area contributed by atoms with Crippen LogP contribution < -0.4 is 20.1 Å². The van der Waals surface area contributed by atoms with Gasteiger partial charge < -0.3 is 24.8 Å². The van der Waals surface area contributed by atoms with Crippen molar-refractivity contribution in [2.24, 2.45) is 0 Å². The number of rotatable bonds is 11. The van der Waals surface area contributed by atoms with Gasteiger partial charge in [0.2, 0.25) is 5.91 Å². The fourth-order valence-electron chi connectivity index (χ4n) is 3.03. The van der Waals surface area contributed by atoms with Gasteiger partial charge in [0.1, 0.15) is 18.1 Å². The highest BCUT2D eigenvalue weighted by atomic mass is 16.5. The van der Waals surface area contributed by atoms with E-state index in [0.29, 0.717) is 24.7 Å². The molecule has 156 valence electrons. The van der Waals surface area contributed by atoms with E-state index in [1.807, 2.05) is 48.5 Å². The molecule has 6 heteroatoms. The molecule has 1 aliphatic heterocycles. The molecule has 2 aromatic rings. The Labute approximate surface area is 172 Å². The topological polar surface area (TPSA) is 68.8 Å². The summed E-state index contributed by atoms with van der Waals surface area (Å²) in [6.45, 7) is 4.33. The van der Waals surface area contributed by atoms with Crippen molar-refractivity contribution in [2.45, 2.75) is 38.7 Å². The number of ether oxygens (including phenoxy) is 3. The Morgan fingerprint density at radius 2 is 1.97 bits per heavy atom. The normalized spacial score (nSPS) is 15.7. The van der Waals surface area contributed by atoms with Crippen molar-refractivity contribution < 1.29 is 19.0 Å². The zero-order valence-corrected chi connectivity index (χ0v) is 17.0. The second-order valence-electron chi connectivity index (χ2n) is 7.07. The number of nitrogens with one attached hydrogen (secondary N) is 2. The number of carbonyl (C=O) groups is 1. The Kier molecular flexibility index (Phi) is 8.19. The van der Waals surface area contributed by atoms with Gasteiger partial charge in [0.05, 0.1) is 24.9 Å². The summed E-state index contributed by atoms with van der Waals surface area (Å²) in [5.74, 6) is 1.37. The molecule has 1 atom stereocenters. The maximum atomic E-state index is 12.3. The summed E-state index contributed by atoms with van der Waals surface area (Å²) in [5.41, 5.74) is 1.55. The van der Waals surface area contributed by atoms with Crippen molar-refractivity contribution in [3.63, 3.8) is 0 Å². The number of benzene rings is 2. The molecular formula is C23H30N2O4. The van der Waals surface area contributed by atoms with Crippen LogP contribution in [-0.2, 0) is 9.53 Å². The van der Waals surface area contributed by atoms with Gasteiger partial charge in [-0.25, -0.2) is 0 Å². The molecule has 1 fully saturated rings. The summed E-state index contributed by atoms with van der Waals surface area (Å²) >= 11 is 0. The predicted octanol–water partition coefficient (Wildman–Crippen LogP) is 4.47. The van der Waals surface area contributed by atoms with E-state index in [-0.39, 0.29) is 18.6 Å². The van der Waals surface area contributed by atoms with Gasteiger partial charge in [-0.2, -0.15) is 0 Å². The van der Waals surface area contributed by atoms with Gasteiger partial charge in [-0.3, -0.25) is 4.79 Å². The average molecular weight is 399 g/mol. The third kappa shape index (κ3) is 6.98. The number of para-hydroxylation sites is 2. The minimum atomic E-state index is -0.129. The Balaban J connectivity index is 1.43. The van der Waals surface area contributed by atoms with Gasteiger partial charge in [-0.1, -0.05) is 25.5 Å². The fourth-order valence-corrected chi connectivity index (χ4v) is 3.03. The summed E-state index contributed by atoms with van der Waals surface area (Å²) in [4.78, 5) is 12.3. The van der Waals surface area contributed by atoms with Crippen molar-refractivity contribution in [3.8, 4) is 11.5 Å². The van der Waals surface area contributed by atoms with E-state index in [0.717, 1.165) is 43.7 Å². The number of carbonyl (C=O) groups excluding carboxylic acids is 1. The molecule has 1 saturated heterocycles. The highest BCUT2D eigenvalue weighted by Crippen LogP contribution is 2.24. The van der Waals surface area contributed by atoms with E-state index in [4.69, 9.17) is 14.2 Å². The van der Waals surface area contributed by atoms with Gasteiger partial charge in [0.15, 0.2) is 0 Å². The molecule has 6 nitrogen and oxygen atoms in total. The largest absolute Gasteiger partial charge is 0.491 e. The van der Waals surface area contributed by atoms with Crippen molar-refractivity contribution >= 4 is 17.3 Å². The lowest BCUT2D eigenvalue weighted by Gasteiger charge is -2.13. The van der Waals surface area contributed by atoms with Crippen LogP contribution in [0, 0.1) is 0 Å². The highest BCUT2D eigenvalue weighted by Gasteiger charge is 2.15. The summed E-state index contributed by atoms with van der Waals surface area (Å²) in [7, 11) is 0. The lowest BCUT2D eigenvalue weighted by molar-refractivity contribution is -0.114. The molecule has 0 saturated carbocycles. The van der Waals surface area contributed by atoms with E-state index in [1.165, 1.54) is 0 Å². The highest BCUT2D eigenvalue weighted by molar-refractivity contribution is 5.95. The van der Waals surface area contributed by atoms with Crippen LogP contribution >= 0.6 is 0 Å². The Hall–Kier alpha value is -2.73. The first-order valence-corrected chi connectivity index (χ1v) is 10.3. The average Bonchev–Trinajstić information content (AvgIpc) is 3.27. The zero-order valence-electron chi connectivity index (χ0n) is 17.0. The van der Waals surface area contributed by atoms with E-state index in [1.54, 1.807) is 0 Å². The maximum Gasteiger partial charge on any atom is 0.243 e. The standard InChI is InChI=1S/C23H30N2O4/c1-2-3-14-28-22-9-5-4-8-21(22)25-23(26)16-24-18-10-12-19(13-11-18)29-17-20-7-6-15-27-20/h4-5,8-13,20,24H,2-3,6-7,14-17H2,1H3,(H,25,26). The second-order valence-corrected chi connectivity index (χ2v) is 7.07. The quantitative estimate of drug-likeness (QED) is 0.547. The molecule has 2 aromatic carbocycles. The van der Waals surface area contributed by atoms with Gasteiger partial charge >= 0.3 is 0 Å². The van der Waals surface area contributed by atoms with Gasteiger partial charge in [-0.15, -0.1) is 0 Å². The first kappa shape index (κ1) is 21.0. The third-order valence-electron chi connectivity index (χ3n) is 4.68. The molecule has 3 rings (SSSR count). The molecule has 0 spiro atoms. The lowest BCUT2D eigenvalue weighted by Crippen LogP contribution is -2.22. The number of amides is 1. The Morgan fingerprint density at radius 3 is 2.72 bits per heavy atom. The van der Waals surface area contributed by atoms with Crippen LogP contribution in [0.25, 0.3) is 0 Å². The predicted molar refractivity (Wildman–Crippen MR) is 115 cm³/mol. The Morgan fingerprint density at radius 1 is 1.14 bits per heavy atom. The molecule has 0 aliphatic carbocycles. The van der Waals surface area contributed by atoms with Crippen LogP contribution in [-0.4, -0.2) is 38.4 Å². The van der Waals surface area contributed by atoms with Gasteiger partial charge in [-0.05, 0) is 55.7 Å². The zero-order chi connectivity index (χ0) is 20.3. The van der Waals surface area contributed by atoms with Gasteiger partial charge in [0.25, 0.3) is 0 Å². The van der Waals surface area contributed by atoms with E-state index in [9.17, 15) is 4.79 Å².